The van der Waals surface area contributed by atoms with Crippen molar-refractivity contribution in [1.29, 1.82) is 0 Å². The van der Waals surface area contributed by atoms with Crippen molar-refractivity contribution in [2.75, 3.05) is 6.54 Å². The van der Waals surface area contributed by atoms with Crippen LogP contribution < -0.4 is 5.32 Å². The zero-order valence-corrected chi connectivity index (χ0v) is 14.2. The summed E-state index contributed by atoms with van der Waals surface area (Å²) in [5, 5.41) is 2.84. The van der Waals surface area contributed by atoms with Crippen LogP contribution in [-0.2, 0) is 6.42 Å². The van der Waals surface area contributed by atoms with Crippen LogP contribution in [0.4, 0.5) is 4.39 Å². The number of carbonyl (C=O) groups excluding carboxylic acids is 1. The van der Waals surface area contributed by atoms with Crippen LogP contribution in [0.25, 0.3) is 0 Å². The van der Waals surface area contributed by atoms with E-state index < -0.39 is 0 Å². The number of alkyl halides is 1. The van der Waals surface area contributed by atoms with Crippen LogP contribution in [0.1, 0.15) is 31.9 Å². The lowest BCUT2D eigenvalue weighted by Crippen LogP contribution is -2.31. The number of benzene rings is 2. The lowest BCUT2D eigenvalue weighted by molar-refractivity contribution is 0.0946. The fourth-order valence-corrected chi connectivity index (χ4v) is 3.92. The summed E-state index contributed by atoms with van der Waals surface area (Å²) in [6.45, 7) is 0.679. The van der Waals surface area contributed by atoms with E-state index in [4.69, 9.17) is 0 Å². The fraction of sp³-hybridized carbons (Fsp3) is 0.188. The summed E-state index contributed by atoms with van der Waals surface area (Å²) < 4.78 is 14.3. The molecule has 1 atom stereocenters. The van der Waals surface area contributed by atoms with Crippen molar-refractivity contribution < 1.29 is 9.18 Å². The lowest BCUT2D eigenvalue weighted by Gasteiger charge is -2.19. The van der Waals surface area contributed by atoms with Gasteiger partial charge in [0.1, 0.15) is 5.82 Å². The first-order valence-corrected chi connectivity index (χ1v) is 8.27. The normalized spacial score (nSPS) is 15.3. The SMILES string of the molecule is O=C1NCCc2ccc(C(Br)c3cc(F)ccc3Br)cc21. The quantitative estimate of drug-likeness (QED) is 0.729. The molecular formula is C16H12Br2FNO. The van der Waals surface area contributed by atoms with Crippen molar-refractivity contribution in [2.24, 2.45) is 0 Å². The van der Waals surface area contributed by atoms with E-state index in [1.165, 1.54) is 12.1 Å². The predicted octanol–water partition coefficient (Wildman–Crippen LogP) is 4.36. The standard InChI is InChI=1S/C16H12Br2FNO/c17-14-4-3-11(19)8-13(14)15(18)10-2-1-9-5-6-20-16(21)12(9)7-10/h1-4,7-8,15H,5-6H2,(H,20,21). The van der Waals surface area contributed by atoms with E-state index in [0.29, 0.717) is 12.1 Å². The monoisotopic (exact) mass is 411 g/mol. The summed E-state index contributed by atoms with van der Waals surface area (Å²) in [4.78, 5) is 11.7. The van der Waals surface area contributed by atoms with E-state index in [-0.39, 0.29) is 16.6 Å². The summed E-state index contributed by atoms with van der Waals surface area (Å²) in [6, 6.07) is 10.4. The summed E-state index contributed by atoms with van der Waals surface area (Å²) in [5.41, 5.74) is 3.49. The van der Waals surface area contributed by atoms with Crippen molar-refractivity contribution >= 4 is 37.8 Å². The Kier molecular flexibility index (Phi) is 4.13. The van der Waals surface area contributed by atoms with Crippen molar-refractivity contribution in [3.8, 4) is 0 Å². The van der Waals surface area contributed by atoms with E-state index in [1.54, 1.807) is 6.07 Å². The van der Waals surface area contributed by atoms with Crippen LogP contribution in [0.5, 0.6) is 0 Å². The molecule has 2 nitrogen and oxygen atoms in total. The van der Waals surface area contributed by atoms with Gasteiger partial charge in [-0.25, -0.2) is 4.39 Å². The molecule has 1 heterocycles. The van der Waals surface area contributed by atoms with Gasteiger partial charge in [-0.15, -0.1) is 0 Å². The molecule has 1 unspecified atom stereocenters. The Morgan fingerprint density at radius 1 is 1.19 bits per heavy atom. The molecule has 2 aromatic carbocycles. The molecule has 0 aromatic heterocycles. The molecule has 0 saturated heterocycles. The first kappa shape index (κ1) is 14.7. The number of carbonyl (C=O) groups is 1. The topological polar surface area (TPSA) is 29.1 Å². The van der Waals surface area contributed by atoms with Gasteiger partial charge in [-0.2, -0.15) is 0 Å². The van der Waals surface area contributed by atoms with Crippen LogP contribution in [-0.4, -0.2) is 12.5 Å². The first-order chi connectivity index (χ1) is 10.1. The number of halogens is 3. The minimum absolute atomic E-state index is 0.0453. The van der Waals surface area contributed by atoms with Crippen molar-refractivity contribution in [3.05, 3.63) is 68.9 Å². The van der Waals surface area contributed by atoms with Gasteiger partial charge in [0.25, 0.3) is 5.91 Å². The zero-order valence-electron chi connectivity index (χ0n) is 11.0. The van der Waals surface area contributed by atoms with Gasteiger partial charge in [0, 0.05) is 16.6 Å². The Hall–Kier alpha value is -1.20. The van der Waals surface area contributed by atoms with E-state index in [2.05, 4.69) is 37.2 Å². The predicted molar refractivity (Wildman–Crippen MR) is 87.3 cm³/mol. The van der Waals surface area contributed by atoms with Gasteiger partial charge in [-0.3, -0.25) is 4.79 Å². The smallest absolute Gasteiger partial charge is 0.251 e. The Bertz CT molecular complexity index is 717. The molecule has 1 aliphatic rings. The molecule has 5 heteroatoms. The summed E-state index contributed by atoms with van der Waals surface area (Å²) in [7, 11) is 0. The number of amides is 1. The Balaban J connectivity index is 2.02. The maximum Gasteiger partial charge on any atom is 0.251 e. The maximum atomic E-state index is 13.5. The second kappa shape index (κ2) is 5.89. The molecule has 3 rings (SSSR count). The van der Waals surface area contributed by atoms with E-state index in [0.717, 1.165) is 27.6 Å². The highest BCUT2D eigenvalue weighted by molar-refractivity contribution is 9.11. The number of nitrogens with one attached hydrogen (secondary N) is 1. The molecule has 1 amide bonds. The molecule has 108 valence electrons. The number of hydrogen-bond donors (Lipinski definition) is 1. The number of fused-ring (bicyclic) bond motifs is 1. The molecule has 0 radical (unpaired) electrons. The Labute approximate surface area is 139 Å². The van der Waals surface area contributed by atoms with E-state index in [9.17, 15) is 9.18 Å². The molecule has 0 fully saturated rings. The Morgan fingerprint density at radius 3 is 2.81 bits per heavy atom. The molecular weight excluding hydrogens is 401 g/mol. The van der Waals surface area contributed by atoms with Gasteiger partial charge in [-0.05, 0) is 47.4 Å². The average molecular weight is 413 g/mol. The highest BCUT2D eigenvalue weighted by Crippen LogP contribution is 2.36. The van der Waals surface area contributed by atoms with Gasteiger partial charge < -0.3 is 5.32 Å². The Morgan fingerprint density at radius 2 is 2.00 bits per heavy atom. The molecule has 21 heavy (non-hydrogen) atoms. The van der Waals surface area contributed by atoms with Crippen LogP contribution >= 0.6 is 31.9 Å². The largest absolute Gasteiger partial charge is 0.352 e. The third kappa shape index (κ3) is 2.90. The highest BCUT2D eigenvalue weighted by Gasteiger charge is 2.20. The maximum absolute atomic E-state index is 13.5. The van der Waals surface area contributed by atoms with Crippen LogP contribution in [0.2, 0.25) is 0 Å². The van der Waals surface area contributed by atoms with Gasteiger partial charge >= 0.3 is 0 Å². The highest BCUT2D eigenvalue weighted by atomic mass is 79.9. The lowest BCUT2D eigenvalue weighted by atomic mass is 9.95. The minimum atomic E-state index is -0.284. The minimum Gasteiger partial charge on any atom is -0.352 e. The zero-order chi connectivity index (χ0) is 15.0. The molecule has 0 saturated carbocycles. The van der Waals surface area contributed by atoms with E-state index in [1.807, 2.05) is 18.2 Å². The summed E-state index contributed by atoms with van der Waals surface area (Å²) in [5.74, 6) is -0.329. The molecule has 0 aliphatic carbocycles. The third-order valence-corrected chi connectivity index (χ3v) is 5.33. The van der Waals surface area contributed by atoms with Gasteiger partial charge in [0.2, 0.25) is 0 Å². The van der Waals surface area contributed by atoms with Crippen LogP contribution in [0, 0.1) is 5.82 Å². The van der Waals surface area contributed by atoms with Crippen LogP contribution in [0.3, 0.4) is 0 Å². The number of rotatable bonds is 2. The van der Waals surface area contributed by atoms with Gasteiger partial charge in [-0.1, -0.05) is 44.0 Å². The first-order valence-electron chi connectivity index (χ1n) is 6.56. The summed E-state index contributed by atoms with van der Waals surface area (Å²) in [6.07, 6.45) is 0.845. The molecule has 0 spiro atoms. The van der Waals surface area contributed by atoms with E-state index >= 15 is 0 Å². The van der Waals surface area contributed by atoms with Gasteiger partial charge in [0.05, 0.1) is 4.83 Å². The van der Waals surface area contributed by atoms with Crippen molar-refractivity contribution in [2.45, 2.75) is 11.2 Å². The summed E-state index contributed by atoms with van der Waals surface area (Å²) >= 11 is 7.04. The second-order valence-corrected chi connectivity index (χ2v) is 6.72. The van der Waals surface area contributed by atoms with Crippen molar-refractivity contribution in [1.82, 2.24) is 5.32 Å². The molecule has 2 aromatic rings. The second-order valence-electron chi connectivity index (χ2n) is 4.95. The fourth-order valence-electron chi connectivity index (χ4n) is 2.48. The number of hydrogen-bond acceptors (Lipinski definition) is 1. The molecule has 1 aliphatic heterocycles. The van der Waals surface area contributed by atoms with Crippen LogP contribution in [0.15, 0.2) is 40.9 Å². The molecule has 1 N–H and O–H groups in total. The average Bonchev–Trinajstić information content (AvgIpc) is 2.49. The molecule has 0 bridgehead atoms. The van der Waals surface area contributed by atoms with Gasteiger partial charge in [0.15, 0.2) is 0 Å². The van der Waals surface area contributed by atoms with Crippen molar-refractivity contribution in [3.63, 3.8) is 0 Å². The third-order valence-electron chi connectivity index (χ3n) is 3.58.